The number of carbonyl (C=O) groups is 1. The average molecular weight is 321 g/mol. The summed E-state index contributed by atoms with van der Waals surface area (Å²) in [6.45, 7) is 2.89. The highest BCUT2D eigenvalue weighted by Crippen LogP contribution is 2.25. The van der Waals surface area contributed by atoms with Gasteiger partial charge in [-0.05, 0) is 36.3 Å². The first-order valence-electron chi connectivity index (χ1n) is 7.61. The quantitative estimate of drug-likeness (QED) is 0.645. The summed E-state index contributed by atoms with van der Waals surface area (Å²) in [6, 6.07) is 8.73. The number of aliphatic imine (C=N–C) groups is 1. The minimum absolute atomic E-state index is 0.163. The van der Waals surface area contributed by atoms with E-state index in [0.29, 0.717) is 12.5 Å². The van der Waals surface area contributed by atoms with Gasteiger partial charge in [0.05, 0.1) is 13.2 Å². The van der Waals surface area contributed by atoms with Gasteiger partial charge in [0.25, 0.3) is 0 Å². The number of carbonyl (C=O) groups excluding carboxylic acids is 1. The number of thioether (sulfide) groups is 1. The van der Waals surface area contributed by atoms with Crippen LogP contribution in [0, 0.1) is 0 Å². The van der Waals surface area contributed by atoms with Crippen LogP contribution in [0.3, 0.4) is 0 Å². The van der Waals surface area contributed by atoms with E-state index in [4.69, 9.17) is 0 Å². The number of benzene rings is 1. The van der Waals surface area contributed by atoms with Gasteiger partial charge in [0.2, 0.25) is 5.96 Å². The lowest BCUT2D eigenvalue weighted by atomic mass is 10.0. The largest absolute Gasteiger partial charge is 0.453 e. The van der Waals surface area contributed by atoms with Crippen molar-refractivity contribution in [1.29, 1.82) is 0 Å². The van der Waals surface area contributed by atoms with E-state index >= 15 is 0 Å². The standard InChI is InChI=1S/C16H23N3O2S/c1-3-4-10-22-13-7-5-6-12(11-13)14-8-9-17-15(18-14)19-16(20)21-2/h5-7,11,14H,3-4,8-10H2,1-2H3,(H2,17,18,19,20). The Morgan fingerprint density at radius 2 is 2.41 bits per heavy atom. The van der Waals surface area contributed by atoms with Crippen molar-refractivity contribution in [3.63, 3.8) is 0 Å². The molecule has 5 nitrogen and oxygen atoms in total. The van der Waals surface area contributed by atoms with Crippen molar-refractivity contribution in [3.05, 3.63) is 29.8 Å². The third kappa shape index (κ3) is 4.94. The minimum Gasteiger partial charge on any atom is -0.453 e. The molecule has 1 aliphatic heterocycles. The van der Waals surface area contributed by atoms with Gasteiger partial charge in [-0.15, -0.1) is 11.8 Å². The number of hydrogen-bond donors (Lipinski definition) is 2. The first-order chi connectivity index (χ1) is 10.7. The van der Waals surface area contributed by atoms with Crippen molar-refractivity contribution in [2.45, 2.75) is 37.1 Å². The first kappa shape index (κ1) is 16.7. The topological polar surface area (TPSA) is 62.7 Å². The Bertz CT molecular complexity index is 534. The van der Waals surface area contributed by atoms with Crippen molar-refractivity contribution in [2.75, 3.05) is 19.4 Å². The molecule has 0 aromatic heterocycles. The van der Waals surface area contributed by atoms with E-state index in [1.165, 1.54) is 30.4 Å². The normalized spacial score (nSPS) is 17.4. The Morgan fingerprint density at radius 3 is 3.18 bits per heavy atom. The average Bonchev–Trinajstić information content (AvgIpc) is 2.55. The van der Waals surface area contributed by atoms with Crippen molar-refractivity contribution in [1.82, 2.24) is 10.6 Å². The molecule has 0 bridgehead atoms. The number of amides is 1. The van der Waals surface area contributed by atoms with Gasteiger partial charge >= 0.3 is 6.09 Å². The van der Waals surface area contributed by atoms with E-state index < -0.39 is 6.09 Å². The van der Waals surface area contributed by atoms with Crippen LogP contribution in [0.1, 0.15) is 37.8 Å². The lowest BCUT2D eigenvalue weighted by Crippen LogP contribution is -2.45. The number of rotatable bonds is 5. The van der Waals surface area contributed by atoms with Crippen LogP contribution in [-0.4, -0.2) is 31.5 Å². The zero-order valence-corrected chi connectivity index (χ0v) is 13.9. The Hall–Kier alpha value is -1.69. The van der Waals surface area contributed by atoms with Crippen LogP contribution in [0.4, 0.5) is 4.79 Å². The smallest absolute Gasteiger partial charge is 0.413 e. The summed E-state index contributed by atoms with van der Waals surface area (Å²) < 4.78 is 4.59. The molecule has 1 aliphatic rings. The summed E-state index contributed by atoms with van der Waals surface area (Å²) in [6.07, 6.45) is 2.86. The molecular formula is C16H23N3O2S. The number of alkyl carbamates (subject to hydrolysis) is 1. The van der Waals surface area contributed by atoms with Gasteiger partial charge in [0, 0.05) is 11.4 Å². The molecule has 0 spiro atoms. The van der Waals surface area contributed by atoms with Gasteiger partial charge in [0.1, 0.15) is 0 Å². The van der Waals surface area contributed by atoms with Crippen LogP contribution in [0.25, 0.3) is 0 Å². The minimum atomic E-state index is -0.504. The van der Waals surface area contributed by atoms with Crippen LogP contribution < -0.4 is 10.6 Å². The second-order valence-electron chi connectivity index (χ2n) is 5.11. The molecule has 22 heavy (non-hydrogen) atoms. The molecule has 0 aliphatic carbocycles. The SMILES string of the molecule is CCCCSc1cccc(C2CCN=C(NC(=O)OC)N2)c1. The number of unbranched alkanes of at least 4 members (excludes halogenated alkanes) is 1. The molecule has 120 valence electrons. The molecule has 0 saturated heterocycles. The number of ether oxygens (including phenoxy) is 1. The summed E-state index contributed by atoms with van der Waals surface area (Å²) in [5.74, 6) is 1.63. The fourth-order valence-corrected chi connectivity index (χ4v) is 3.28. The van der Waals surface area contributed by atoms with Gasteiger partial charge in [-0.3, -0.25) is 10.3 Å². The highest BCUT2D eigenvalue weighted by Gasteiger charge is 2.19. The van der Waals surface area contributed by atoms with E-state index in [9.17, 15) is 4.79 Å². The van der Waals surface area contributed by atoms with Crippen molar-refractivity contribution in [2.24, 2.45) is 4.99 Å². The molecule has 1 aromatic carbocycles. The number of nitrogens with one attached hydrogen (secondary N) is 2. The molecule has 1 unspecified atom stereocenters. The van der Waals surface area contributed by atoms with Crippen LogP contribution in [0.5, 0.6) is 0 Å². The third-order valence-corrected chi connectivity index (χ3v) is 4.51. The molecule has 1 aromatic rings. The molecular weight excluding hydrogens is 298 g/mol. The van der Waals surface area contributed by atoms with Gasteiger partial charge < -0.3 is 10.1 Å². The summed E-state index contributed by atoms with van der Waals surface area (Å²) >= 11 is 1.89. The number of nitrogens with zero attached hydrogens (tertiary/aromatic N) is 1. The van der Waals surface area contributed by atoms with Crippen LogP contribution in [0.15, 0.2) is 34.2 Å². The van der Waals surface area contributed by atoms with Gasteiger partial charge in [-0.2, -0.15) is 0 Å². The van der Waals surface area contributed by atoms with Gasteiger partial charge in [0.15, 0.2) is 0 Å². The highest BCUT2D eigenvalue weighted by molar-refractivity contribution is 7.99. The van der Waals surface area contributed by atoms with E-state index in [2.05, 4.69) is 51.6 Å². The maximum absolute atomic E-state index is 11.3. The highest BCUT2D eigenvalue weighted by atomic mass is 32.2. The second-order valence-corrected chi connectivity index (χ2v) is 6.28. The van der Waals surface area contributed by atoms with Crippen molar-refractivity contribution < 1.29 is 9.53 Å². The molecule has 1 atom stereocenters. The van der Waals surface area contributed by atoms with Crippen LogP contribution in [0.2, 0.25) is 0 Å². The monoisotopic (exact) mass is 321 g/mol. The Labute approximate surface area is 135 Å². The predicted molar refractivity (Wildman–Crippen MR) is 90.4 cm³/mol. The molecule has 0 saturated carbocycles. The second kappa shape index (κ2) is 8.68. The molecule has 2 N–H and O–H groups in total. The maximum atomic E-state index is 11.3. The fourth-order valence-electron chi connectivity index (χ4n) is 2.22. The number of guanidine groups is 1. The van der Waals surface area contributed by atoms with Crippen LogP contribution in [-0.2, 0) is 4.74 Å². The summed E-state index contributed by atoms with van der Waals surface area (Å²) in [5, 5.41) is 5.86. The Morgan fingerprint density at radius 1 is 1.55 bits per heavy atom. The molecule has 0 fully saturated rings. The summed E-state index contributed by atoms with van der Waals surface area (Å²) in [4.78, 5) is 16.8. The number of methoxy groups -OCH3 is 1. The molecule has 1 heterocycles. The van der Waals surface area contributed by atoms with Crippen LogP contribution >= 0.6 is 11.8 Å². The molecule has 2 rings (SSSR count). The first-order valence-corrected chi connectivity index (χ1v) is 8.60. The number of hydrogen-bond acceptors (Lipinski definition) is 5. The van der Waals surface area contributed by atoms with Crippen molar-refractivity contribution >= 4 is 23.8 Å². The summed E-state index contributed by atoms with van der Waals surface area (Å²) in [5.41, 5.74) is 1.22. The van der Waals surface area contributed by atoms with E-state index in [1.807, 2.05) is 11.8 Å². The molecule has 1 amide bonds. The van der Waals surface area contributed by atoms with E-state index in [1.54, 1.807) is 0 Å². The zero-order chi connectivity index (χ0) is 15.8. The molecule has 6 heteroatoms. The fraction of sp³-hybridized carbons (Fsp3) is 0.500. The Balaban J connectivity index is 1.98. The van der Waals surface area contributed by atoms with Crippen molar-refractivity contribution in [3.8, 4) is 0 Å². The Kier molecular flexibility index (Phi) is 6.58. The lowest BCUT2D eigenvalue weighted by Gasteiger charge is -2.25. The van der Waals surface area contributed by atoms with E-state index in [-0.39, 0.29) is 6.04 Å². The third-order valence-electron chi connectivity index (χ3n) is 3.43. The van der Waals surface area contributed by atoms with Gasteiger partial charge in [-0.1, -0.05) is 25.5 Å². The zero-order valence-electron chi connectivity index (χ0n) is 13.1. The summed E-state index contributed by atoms with van der Waals surface area (Å²) in [7, 11) is 1.34. The predicted octanol–water partition coefficient (Wildman–Crippen LogP) is 3.33. The maximum Gasteiger partial charge on any atom is 0.413 e. The van der Waals surface area contributed by atoms with Gasteiger partial charge in [-0.25, -0.2) is 4.79 Å². The lowest BCUT2D eigenvalue weighted by molar-refractivity contribution is 0.176. The molecule has 0 radical (unpaired) electrons. The van der Waals surface area contributed by atoms with E-state index in [0.717, 1.165) is 12.2 Å².